The summed E-state index contributed by atoms with van der Waals surface area (Å²) < 4.78 is 50.7. The fourth-order valence-corrected chi connectivity index (χ4v) is 1.65. The lowest BCUT2D eigenvalue weighted by atomic mass is 10.1. The maximum absolute atomic E-state index is 12.9. The number of aromatic nitrogens is 2. The van der Waals surface area contributed by atoms with Crippen LogP contribution in [0.4, 0.5) is 17.6 Å². The Morgan fingerprint density at radius 3 is 2.50 bits per heavy atom. The van der Waals surface area contributed by atoms with Gasteiger partial charge in [-0.2, -0.15) is 13.2 Å². The Morgan fingerprint density at radius 1 is 1.17 bits per heavy atom. The van der Waals surface area contributed by atoms with Gasteiger partial charge in [0, 0.05) is 6.42 Å². The molecule has 0 aliphatic heterocycles. The molecule has 0 saturated heterocycles. The highest BCUT2D eigenvalue weighted by molar-refractivity contribution is 5.28. The van der Waals surface area contributed by atoms with Crippen LogP contribution in [-0.2, 0) is 12.6 Å². The molecule has 0 fully saturated rings. The normalized spacial score (nSPS) is 11.8. The third kappa shape index (κ3) is 2.44. The summed E-state index contributed by atoms with van der Waals surface area (Å²) in [4.78, 5) is 11.3. The highest BCUT2D eigenvalue weighted by Gasteiger charge is 2.36. The number of hydrogen-bond donors (Lipinski definition) is 2. The van der Waals surface area contributed by atoms with Crippen molar-refractivity contribution in [2.45, 2.75) is 12.6 Å². The molecule has 3 nitrogen and oxygen atoms in total. The van der Waals surface area contributed by atoms with Gasteiger partial charge in [0.1, 0.15) is 11.5 Å². The molecule has 2 N–H and O–H groups in total. The van der Waals surface area contributed by atoms with Crippen LogP contribution in [0.2, 0.25) is 0 Å². The fourth-order valence-electron chi connectivity index (χ4n) is 1.65. The van der Waals surface area contributed by atoms with Crippen LogP contribution in [0.15, 0.2) is 29.1 Å². The van der Waals surface area contributed by atoms with E-state index in [2.05, 4.69) is 0 Å². The molecule has 0 saturated carbocycles. The molecular formula is C11H8F4N2O. The zero-order chi connectivity index (χ0) is 13.3. The Bertz CT molecular complexity index is 612. The Labute approximate surface area is 98.4 Å². The number of halogens is 4. The average molecular weight is 260 g/mol. The van der Waals surface area contributed by atoms with Crippen molar-refractivity contribution in [1.82, 2.24) is 10.2 Å². The van der Waals surface area contributed by atoms with Crippen molar-refractivity contribution < 1.29 is 17.6 Å². The van der Waals surface area contributed by atoms with Gasteiger partial charge in [0.25, 0.3) is 5.56 Å². The number of alkyl halides is 3. The van der Waals surface area contributed by atoms with Crippen molar-refractivity contribution in [3.05, 3.63) is 57.3 Å². The largest absolute Gasteiger partial charge is 0.433 e. The predicted octanol–water partition coefficient (Wildman–Crippen LogP) is 2.45. The van der Waals surface area contributed by atoms with E-state index in [1.54, 1.807) is 5.10 Å². The highest BCUT2D eigenvalue weighted by Crippen LogP contribution is 2.29. The number of rotatable bonds is 2. The first-order chi connectivity index (χ1) is 8.38. The molecule has 1 aromatic carbocycles. The van der Waals surface area contributed by atoms with Crippen LogP contribution in [0.5, 0.6) is 0 Å². The van der Waals surface area contributed by atoms with Crippen molar-refractivity contribution in [1.29, 1.82) is 0 Å². The third-order valence-corrected chi connectivity index (χ3v) is 2.43. The molecule has 0 spiro atoms. The smallest absolute Gasteiger partial charge is 0.293 e. The molecule has 0 aliphatic rings. The molecule has 0 aliphatic carbocycles. The van der Waals surface area contributed by atoms with E-state index < -0.39 is 28.8 Å². The van der Waals surface area contributed by atoms with E-state index in [1.165, 1.54) is 18.2 Å². The average Bonchev–Trinajstić information content (AvgIpc) is 2.60. The molecule has 0 amide bonds. The summed E-state index contributed by atoms with van der Waals surface area (Å²) in [5.41, 5.74) is -2.14. The quantitative estimate of drug-likeness (QED) is 0.800. The Morgan fingerprint density at radius 2 is 1.89 bits per heavy atom. The van der Waals surface area contributed by atoms with Gasteiger partial charge in [0.15, 0.2) is 0 Å². The fraction of sp³-hybridized carbons (Fsp3) is 0.182. The van der Waals surface area contributed by atoms with E-state index in [-0.39, 0.29) is 6.42 Å². The van der Waals surface area contributed by atoms with Crippen LogP contribution in [-0.4, -0.2) is 10.2 Å². The Hall–Kier alpha value is -2.05. The molecule has 18 heavy (non-hydrogen) atoms. The van der Waals surface area contributed by atoms with Gasteiger partial charge in [-0.3, -0.25) is 15.0 Å². The summed E-state index contributed by atoms with van der Waals surface area (Å²) >= 11 is 0. The molecule has 0 bridgehead atoms. The maximum atomic E-state index is 12.9. The molecule has 0 unspecified atom stereocenters. The second-order valence-electron chi connectivity index (χ2n) is 3.74. The minimum absolute atomic E-state index is 0.286. The van der Waals surface area contributed by atoms with Gasteiger partial charge >= 0.3 is 6.18 Å². The molecule has 0 atom stereocenters. The predicted molar refractivity (Wildman–Crippen MR) is 55.6 cm³/mol. The van der Waals surface area contributed by atoms with Gasteiger partial charge < -0.3 is 0 Å². The number of nitrogens with one attached hydrogen (secondary N) is 2. The maximum Gasteiger partial charge on any atom is 0.433 e. The van der Waals surface area contributed by atoms with E-state index in [1.807, 2.05) is 5.10 Å². The molecule has 7 heteroatoms. The minimum Gasteiger partial charge on any atom is -0.293 e. The highest BCUT2D eigenvalue weighted by atomic mass is 19.4. The molecule has 2 rings (SSSR count). The molecule has 1 aromatic heterocycles. The van der Waals surface area contributed by atoms with Gasteiger partial charge in [-0.05, 0) is 17.7 Å². The lowest BCUT2D eigenvalue weighted by Gasteiger charge is -2.06. The summed E-state index contributed by atoms with van der Waals surface area (Å²) in [6, 6.07) is 5.09. The number of aromatic amines is 2. The van der Waals surface area contributed by atoms with E-state index in [0.717, 1.165) is 6.07 Å². The van der Waals surface area contributed by atoms with E-state index in [4.69, 9.17) is 0 Å². The van der Waals surface area contributed by atoms with Crippen LogP contribution in [0.25, 0.3) is 0 Å². The summed E-state index contributed by atoms with van der Waals surface area (Å²) in [7, 11) is 0. The second kappa shape index (κ2) is 4.32. The van der Waals surface area contributed by atoms with Crippen molar-refractivity contribution in [3.63, 3.8) is 0 Å². The monoisotopic (exact) mass is 260 g/mol. The molecular weight excluding hydrogens is 252 g/mol. The van der Waals surface area contributed by atoms with E-state index >= 15 is 0 Å². The topological polar surface area (TPSA) is 48.6 Å². The lowest BCUT2D eigenvalue weighted by molar-refractivity contribution is -0.141. The van der Waals surface area contributed by atoms with Gasteiger partial charge in [-0.25, -0.2) is 4.39 Å². The van der Waals surface area contributed by atoms with Crippen molar-refractivity contribution in [2.24, 2.45) is 0 Å². The van der Waals surface area contributed by atoms with Crippen LogP contribution in [0, 0.1) is 5.82 Å². The van der Waals surface area contributed by atoms with Crippen LogP contribution < -0.4 is 5.56 Å². The molecule has 0 radical (unpaired) electrons. The van der Waals surface area contributed by atoms with E-state index in [0.29, 0.717) is 5.56 Å². The summed E-state index contributed by atoms with van der Waals surface area (Å²) in [5.74, 6) is -0.562. The zero-order valence-corrected chi connectivity index (χ0v) is 8.94. The first-order valence-corrected chi connectivity index (χ1v) is 4.99. The number of H-pyrrole nitrogens is 2. The van der Waals surface area contributed by atoms with Gasteiger partial charge in [-0.1, -0.05) is 12.1 Å². The number of hydrogen-bond acceptors (Lipinski definition) is 1. The van der Waals surface area contributed by atoms with Gasteiger partial charge in [0.05, 0.1) is 5.56 Å². The van der Waals surface area contributed by atoms with Crippen molar-refractivity contribution in [3.8, 4) is 0 Å². The van der Waals surface area contributed by atoms with Crippen molar-refractivity contribution >= 4 is 0 Å². The third-order valence-electron chi connectivity index (χ3n) is 2.43. The van der Waals surface area contributed by atoms with Gasteiger partial charge in [0.2, 0.25) is 0 Å². The lowest BCUT2D eigenvalue weighted by Crippen LogP contribution is -2.13. The Balaban J connectivity index is 2.41. The van der Waals surface area contributed by atoms with Crippen LogP contribution >= 0.6 is 0 Å². The Kier molecular flexibility index (Phi) is 2.98. The summed E-state index contributed by atoms with van der Waals surface area (Å²) in [6.45, 7) is 0. The second-order valence-corrected chi connectivity index (χ2v) is 3.74. The standard InChI is InChI=1S/C11H8F4N2O/c12-7-3-1-2-6(4-7)5-8-9(11(13,14)15)16-17-10(8)18/h1-4H,5H2,(H2,16,17,18). The minimum atomic E-state index is -4.65. The van der Waals surface area contributed by atoms with E-state index in [9.17, 15) is 22.4 Å². The van der Waals surface area contributed by atoms with Crippen molar-refractivity contribution in [2.75, 3.05) is 0 Å². The van der Waals surface area contributed by atoms with Crippen LogP contribution in [0.3, 0.4) is 0 Å². The van der Waals surface area contributed by atoms with Crippen LogP contribution in [0.1, 0.15) is 16.8 Å². The summed E-state index contributed by atoms with van der Waals surface area (Å²) in [5, 5.41) is 3.68. The number of benzene rings is 1. The molecule has 96 valence electrons. The zero-order valence-electron chi connectivity index (χ0n) is 8.94. The first-order valence-electron chi connectivity index (χ1n) is 4.99. The SMILES string of the molecule is O=c1[nH][nH]c(C(F)(F)F)c1Cc1cccc(F)c1. The summed E-state index contributed by atoms with van der Waals surface area (Å²) in [6.07, 6.45) is -4.94. The van der Waals surface area contributed by atoms with Gasteiger partial charge in [-0.15, -0.1) is 0 Å². The molecule has 2 aromatic rings. The first kappa shape index (κ1) is 12.4. The molecule has 1 heterocycles.